The standard InChI is InChI=1S/C13H15F3N2O3/c14-8-1-2-11(21-13(15)16)7(3-8)5-18-6-9(19)4-10(18)12(17)20/h1-3,9-10,13,19H,4-6H2,(H2,17,20)/t9-,10+/m1/s1. The molecule has 3 N–H and O–H groups in total. The predicted molar refractivity (Wildman–Crippen MR) is 67.0 cm³/mol. The van der Waals surface area contributed by atoms with Crippen molar-refractivity contribution >= 4 is 5.91 Å². The third-order valence-corrected chi connectivity index (χ3v) is 3.32. The van der Waals surface area contributed by atoms with Crippen LogP contribution >= 0.6 is 0 Å². The molecule has 1 saturated heterocycles. The lowest BCUT2D eigenvalue weighted by atomic mass is 10.1. The number of carbonyl (C=O) groups excluding carboxylic acids is 1. The summed E-state index contributed by atoms with van der Waals surface area (Å²) in [5, 5.41) is 9.59. The molecule has 2 rings (SSSR count). The van der Waals surface area contributed by atoms with Gasteiger partial charge in [0.15, 0.2) is 0 Å². The van der Waals surface area contributed by atoms with E-state index in [-0.39, 0.29) is 30.8 Å². The number of ether oxygens (including phenoxy) is 1. The first-order valence-corrected chi connectivity index (χ1v) is 6.31. The lowest BCUT2D eigenvalue weighted by Crippen LogP contribution is -2.39. The van der Waals surface area contributed by atoms with Gasteiger partial charge in [-0.05, 0) is 24.6 Å². The number of likely N-dealkylation sites (tertiary alicyclic amines) is 1. The minimum Gasteiger partial charge on any atom is -0.434 e. The van der Waals surface area contributed by atoms with E-state index in [0.717, 1.165) is 18.2 Å². The van der Waals surface area contributed by atoms with Crippen LogP contribution in [0.4, 0.5) is 13.2 Å². The summed E-state index contributed by atoms with van der Waals surface area (Å²) >= 11 is 0. The Kier molecular flexibility index (Phi) is 4.69. The molecule has 0 spiro atoms. The van der Waals surface area contributed by atoms with Gasteiger partial charge in [-0.3, -0.25) is 9.69 Å². The molecule has 0 aromatic heterocycles. The van der Waals surface area contributed by atoms with Gasteiger partial charge in [0.2, 0.25) is 5.91 Å². The average molecular weight is 304 g/mol. The molecule has 0 radical (unpaired) electrons. The number of alkyl halides is 2. The van der Waals surface area contributed by atoms with E-state index >= 15 is 0 Å². The van der Waals surface area contributed by atoms with Crippen LogP contribution in [0.25, 0.3) is 0 Å². The maximum Gasteiger partial charge on any atom is 0.387 e. The first-order chi connectivity index (χ1) is 9.86. The molecule has 1 aliphatic heterocycles. The van der Waals surface area contributed by atoms with Crippen LogP contribution in [0.15, 0.2) is 18.2 Å². The number of aliphatic hydroxyl groups excluding tert-OH is 1. The minimum atomic E-state index is -3.04. The van der Waals surface area contributed by atoms with E-state index < -0.39 is 30.5 Å². The van der Waals surface area contributed by atoms with E-state index in [9.17, 15) is 23.1 Å². The zero-order valence-corrected chi connectivity index (χ0v) is 11.0. The number of primary amides is 1. The Balaban J connectivity index is 2.21. The highest BCUT2D eigenvalue weighted by molar-refractivity contribution is 5.80. The highest BCUT2D eigenvalue weighted by Crippen LogP contribution is 2.27. The van der Waals surface area contributed by atoms with Crippen molar-refractivity contribution in [1.82, 2.24) is 4.90 Å². The van der Waals surface area contributed by atoms with Crippen LogP contribution in [0.2, 0.25) is 0 Å². The Bertz CT molecular complexity index is 527. The number of halogens is 3. The average Bonchev–Trinajstić information content (AvgIpc) is 2.73. The molecule has 8 heteroatoms. The Morgan fingerprint density at radius 2 is 2.24 bits per heavy atom. The lowest BCUT2D eigenvalue weighted by Gasteiger charge is -2.22. The topological polar surface area (TPSA) is 75.8 Å². The highest BCUT2D eigenvalue weighted by atomic mass is 19.3. The SMILES string of the molecule is NC(=O)[C@@H]1C[C@@H](O)CN1Cc1cc(F)ccc1OC(F)F. The van der Waals surface area contributed by atoms with Crippen molar-refractivity contribution in [3.63, 3.8) is 0 Å². The second-order valence-corrected chi connectivity index (χ2v) is 4.87. The molecule has 1 heterocycles. The van der Waals surface area contributed by atoms with Crippen LogP contribution in [0, 0.1) is 5.82 Å². The smallest absolute Gasteiger partial charge is 0.387 e. The largest absolute Gasteiger partial charge is 0.434 e. The van der Waals surface area contributed by atoms with Crippen molar-refractivity contribution in [1.29, 1.82) is 0 Å². The molecule has 2 atom stereocenters. The number of carbonyl (C=O) groups is 1. The van der Waals surface area contributed by atoms with Gasteiger partial charge in [-0.1, -0.05) is 0 Å². The molecule has 116 valence electrons. The minimum absolute atomic E-state index is 0.0233. The molecule has 1 amide bonds. The summed E-state index contributed by atoms with van der Waals surface area (Å²) in [4.78, 5) is 12.8. The third-order valence-electron chi connectivity index (χ3n) is 3.32. The van der Waals surface area contributed by atoms with E-state index in [4.69, 9.17) is 5.73 Å². The Morgan fingerprint density at radius 1 is 1.52 bits per heavy atom. The molecule has 1 aliphatic rings. The van der Waals surface area contributed by atoms with Crippen molar-refractivity contribution < 1.29 is 27.8 Å². The molecule has 1 aromatic rings. The number of nitrogens with zero attached hydrogens (tertiary/aromatic N) is 1. The van der Waals surface area contributed by atoms with E-state index in [1.807, 2.05) is 0 Å². The molecular weight excluding hydrogens is 289 g/mol. The van der Waals surface area contributed by atoms with E-state index in [2.05, 4.69) is 4.74 Å². The first-order valence-electron chi connectivity index (χ1n) is 6.31. The maximum absolute atomic E-state index is 13.3. The predicted octanol–water partition coefficient (Wildman–Crippen LogP) is 0.848. The van der Waals surface area contributed by atoms with E-state index in [1.165, 1.54) is 4.90 Å². The van der Waals surface area contributed by atoms with Crippen LogP contribution < -0.4 is 10.5 Å². The van der Waals surface area contributed by atoms with Gasteiger partial charge in [0.25, 0.3) is 0 Å². The van der Waals surface area contributed by atoms with Crippen LogP contribution in [-0.2, 0) is 11.3 Å². The Hall–Kier alpha value is -1.80. The van der Waals surface area contributed by atoms with E-state index in [1.54, 1.807) is 0 Å². The number of aliphatic hydroxyl groups is 1. The molecule has 0 bridgehead atoms. The maximum atomic E-state index is 13.3. The fourth-order valence-electron chi connectivity index (χ4n) is 2.45. The van der Waals surface area contributed by atoms with Gasteiger partial charge in [-0.25, -0.2) is 4.39 Å². The van der Waals surface area contributed by atoms with Crippen molar-refractivity contribution in [2.45, 2.75) is 31.7 Å². The number of hydrogen-bond acceptors (Lipinski definition) is 4. The molecule has 1 fully saturated rings. The molecule has 1 aromatic carbocycles. The highest BCUT2D eigenvalue weighted by Gasteiger charge is 2.35. The van der Waals surface area contributed by atoms with Gasteiger partial charge >= 0.3 is 6.61 Å². The summed E-state index contributed by atoms with van der Waals surface area (Å²) in [6.07, 6.45) is -0.578. The van der Waals surface area contributed by atoms with Gasteiger partial charge in [0.1, 0.15) is 11.6 Å². The van der Waals surface area contributed by atoms with Crippen LogP contribution in [0.3, 0.4) is 0 Å². The van der Waals surface area contributed by atoms with Crippen molar-refractivity contribution in [2.75, 3.05) is 6.54 Å². The van der Waals surface area contributed by atoms with Gasteiger partial charge in [-0.2, -0.15) is 8.78 Å². The zero-order chi connectivity index (χ0) is 15.6. The van der Waals surface area contributed by atoms with Crippen molar-refractivity contribution in [3.8, 4) is 5.75 Å². The second kappa shape index (κ2) is 6.31. The molecular formula is C13H15F3N2O3. The molecule has 5 nitrogen and oxygen atoms in total. The van der Waals surface area contributed by atoms with Gasteiger partial charge in [0, 0.05) is 18.7 Å². The normalized spacial score (nSPS) is 22.7. The number of β-amino-alcohol motifs (C(OH)–C–C–N with tert-alkyl or cyclic N) is 1. The number of hydrogen-bond donors (Lipinski definition) is 2. The fraction of sp³-hybridized carbons (Fsp3) is 0.462. The molecule has 21 heavy (non-hydrogen) atoms. The summed E-state index contributed by atoms with van der Waals surface area (Å²) in [7, 11) is 0. The zero-order valence-electron chi connectivity index (χ0n) is 11.0. The van der Waals surface area contributed by atoms with Crippen LogP contribution in [0.1, 0.15) is 12.0 Å². The number of rotatable bonds is 5. The fourth-order valence-corrected chi connectivity index (χ4v) is 2.45. The first kappa shape index (κ1) is 15.6. The second-order valence-electron chi connectivity index (χ2n) is 4.87. The molecule has 0 unspecified atom stereocenters. The van der Waals surface area contributed by atoms with Gasteiger partial charge in [-0.15, -0.1) is 0 Å². The monoisotopic (exact) mass is 304 g/mol. The van der Waals surface area contributed by atoms with Crippen LogP contribution in [-0.4, -0.2) is 41.2 Å². The van der Waals surface area contributed by atoms with E-state index in [0.29, 0.717) is 0 Å². The Labute approximate surface area is 119 Å². The molecule has 0 saturated carbocycles. The Morgan fingerprint density at radius 3 is 2.86 bits per heavy atom. The number of amides is 1. The van der Waals surface area contributed by atoms with Crippen molar-refractivity contribution in [2.24, 2.45) is 5.73 Å². The number of benzene rings is 1. The van der Waals surface area contributed by atoms with Gasteiger partial charge < -0.3 is 15.6 Å². The third kappa shape index (κ3) is 3.85. The quantitative estimate of drug-likeness (QED) is 0.845. The van der Waals surface area contributed by atoms with Crippen LogP contribution in [0.5, 0.6) is 5.75 Å². The van der Waals surface area contributed by atoms with Gasteiger partial charge in [0.05, 0.1) is 12.1 Å². The summed E-state index contributed by atoms with van der Waals surface area (Å²) in [5.41, 5.74) is 5.40. The summed E-state index contributed by atoms with van der Waals surface area (Å²) in [5.74, 6) is -1.41. The summed E-state index contributed by atoms with van der Waals surface area (Å²) < 4.78 is 42.3. The number of nitrogens with two attached hydrogens (primary N) is 1. The summed E-state index contributed by atoms with van der Waals surface area (Å²) in [6.45, 7) is -2.91. The molecule has 0 aliphatic carbocycles. The van der Waals surface area contributed by atoms with Crippen molar-refractivity contribution in [3.05, 3.63) is 29.6 Å². The summed E-state index contributed by atoms with van der Waals surface area (Å²) in [6, 6.07) is 2.44. The lowest BCUT2D eigenvalue weighted by molar-refractivity contribution is -0.122.